The highest BCUT2D eigenvalue weighted by Gasteiger charge is 2.14. The van der Waals surface area contributed by atoms with E-state index in [9.17, 15) is 0 Å². The molecule has 0 aliphatic carbocycles. The van der Waals surface area contributed by atoms with Gasteiger partial charge in [-0.15, -0.1) is 0 Å². The average molecular weight is 244 g/mol. The van der Waals surface area contributed by atoms with Crippen LogP contribution in [0.3, 0.4) is 0 Å². The van der Waals surface area contributed by atoms with Crippen LogP contribution in [-0.4, -0.2) is 5.17 Å². The van der Waals surface area contributed by atoms with Gasteiger partial charge in [-0.05, 0) is 24.4 Å². The smallest absolute Gasteiger partial charge is 0.262 e. The van der Waals surface area contributed by atoms with Gasteiger partial charge in [0.05, 0.1) is 0 Å². The molecule has 4 heteroatoms. The summed E-state index contributed by atoms with van der Waals surface area (Å²) >= 11 is 8.32. The molecule has 0 saturated carbocycles. The van der Waals surface area contributed by atoms with Crippen molar-refractivity contribution in [2.45, 2.75) is 6.54 Å². The molecule has 2 nitrogen and oxygen atoms in total. The molecule has 0 saturated heterocycles. The van der Waals surface area contributed by atoms with Crippen LogP contribution in [0.5, 0.6) is 5.75 Å². The van der Waals surface area contributed by atoms with E-state index in [0.29, 0.717) is 5.17 Å². The minimum atomic E-state index is 0.445. The Morgan fingerprint density at radius 3 is 3.17 bits per heavy atom. The van der Waals surface area contributed by atoms with Gasteiger partial charge >= 0.3 is 0 Å². The SMILES string of the molecule is S=C1NCc2c(Br)cccc2O1. The first-order valence-electron chi connectivity index (χ1n) is 3.50. The normalized spacial score (nSPS) is 14.6. The molecule has 0 aromatic heterocycles. The second kappa shape index (κ2) is 3.03. The van der Waals surface area contributed by atoms with Crippen LogP contribution in [0.25, 0.3) is 0 Å². The first kappa shape index (κ1) is 8.01. The van der Waals surface area contributed by atoms with Crippen molar-refractivity contribution < 1.29 is 4.74 Å². The highest BCUT2D eigenvalue weighted by atomic mass is 79.9. The number of benzene rings is 1. The second-order valence-corrected chi connectivity index (χ2v) is 3.68. The van der Waals surface area contributed by atoms with E-state index in [1.165, 1.54) is 0 Å². The van der Waals surface area contributed by atoms with E-state index in [1.54, 1.807) is 0 Å². The molecule has 0 amide bonds. The standard InChI is InChI=1S/C8H6BrNOS/c9-6-2-1-3-7-5(6)4-10-8(12)11-7/h1-3H,4H2,(H,10,12). The summed E-state index contributed by atoms with van der Waals surface area (Å²) in [6.07, 6.45) is 0. The summed E-state index contributed by atoms with van der Waals surface area (Å²) in [4.78, 5) is 0. The largest absolute Gasteiger partial charge is 0.432 e. The van der Waals surface area contributed by atoms with Gasteiger partial charge in [-0.1, -0.05) is 22.0 Å². The molecule has 0 bridgehead atoms. The van der Waals surface area contributed by atoms with Crippen LogP contribution in [0.2, 0.25) is 0 Å². The van der Waals surface area contributed by atoms with E-state index in [2.05, 4.69) is 21.2 Å². The summed E-state index contributed by atoms with van der Waals surface area (Å²) in [5.74, 6) is 0.841. The maximum absolute atomic E-state index is 5.30. The van der Waals surface area contributed by atoms with Gasteiger partial charge in [0.25, 0.3) is 5.17 Å². The van der Waals surface area contributed by atoms with Gasteiger partial charge in [-0.2, -0.15) is 0 Å². The zero-order valence-corrected chi connectivity index (χ0v) is 8.54. The van der Waals surface area contributed by atoms with E-state index in [4.69, 9.17) is 17.0 Å². The van der Waals surface area contributed by atoms with E-state index in [1.807, 2.05) is 18.2 Å². The molecule has 2 rings (SSSR count). The summed E-state index contributed by atoms with van der Waals surface area (Å²) in [7, 11) is 0. The van der Waals surface area contributed by atoms with Gasteiger partial charge in [0, 0.05) is 16.6 Å². The van der Waals surface area contributed by atoms with E-state index in [0.717, 1.165) is 22.3 Å². The molecule has 1 heterocycles. The van der Waals surface area contributed by atoms with Crippen LogP contribution in [0.4, 0.5) is 0 Å². The molecule has 1 aliphatic rings. The molecule has 62 valence electrons. The lowest BCUT2D eigenvalue weighted by molar-refractivity contribution is 0.496. The Morgan fingerprint density at radius 2 is 2.33 bits per heavy atom. The van der Waals surface area contributed by atoms with Gasteiger partial charge in [0.15, 0.2) is 0 Å². The predicted molar refractivity (Wildman–Crippen MR) is 54.2 cm³/mol. The Bertz CT molecular complexity index is 340. The fraction of sp³-hybridized carbons (Fsp3) is 0.125. The lowest BCUT2D eigenvalue weighted by Gasteiger charge is -2.19. The van der Waals surface area contributed by atoms with Crippen LogP contribution in [0, 0.1) is 0 Å². The third-order valence-corrected chi connectivity index (χ3v) is 2.66. The number of halogens is 1. The Labute approximate surface area is 84.0 Å². The minimum absolute atomic E-state index is 0.445. The maximum Gasteiger partial charge on any atom is 0.262 e. The van der Waals surface area contributed by atoms with Crippen molar-refractivity contribution in [3.63, 3.8) is 0 Å². The molecule has 0 unspecified atom stereocenters. The molecule has 0 fully saturated rings. The third-order valence-electron chi connectivity index (χ3n) is 1.69. The summed E-state index contributed by atoms with van der Waals surface area (Å²) in [6, 6.07) is 5.82. The maximum atomic E-state index is 5.30. The molecular weight excluding hydrogens is 238 g/mol. The van der Waals surface area contributed by atoms with Crippen molar-refractivity contribution in [1.82, 2.24) is 5.32 Å². The summed E-state index contributed by atoms with van der Waals surface area (Å²) in [5, 5.41) is 3.40. The van der Waals surface area contributed by atoms with Gasteiger partial charge < -0.3 is 10.1 Å². The molecule has 0 atom stereocenters. The fourth-order valence-electron chi connectivity index (χ4n) is 1.10. The van der Waals surface area contributed by atoms with Gasteiger partial charge in [-0.25, -0.2) is 0 Å². The molecule has 1 aliphatic heterocycles. The van der Waals surface area contributed by atoms with Gasteiger partial charge in [-0.3, -0.25) is 0 Å². The zero-order valence-electron chi connectivity index (χ0n) is 6.13. The summed E-state index contributed by atoms with van der Waals surface area (Å²) < 4.78 is 6.35. The lowest BCUT2D eigenvalue weighted by Crippen LogP contribution is -2.31. The molecule has 1 aromatic carbocycles. The predicted octanol–water partition coefficient (Wildman–Crippen LogP) is 2.22. The number of nitrogens with one attached hydrogen (secondary N) is 1. The Balaban J connectivity index is 2.48. The van der Waals surface area contributed by atoms with Crippen molar-refractivity contribution in [2.75, 3.05) is 0 Å². The van der Waals surface area contributed by atoms with Crippen molar-refractivity contribution in [1.29, 1.82) is 0 Å². The highest BCUT2D eigenvalue weighted by molar-refractivity contribution is 9.10. The van der Waals surface area contributed by atoms with Gasteiger partial charge in [0.2, 0.25) is 0 Å². The number of rotatable bonds is 0. The van der Waals surface area contributed by atoms with Crippen molar-refractivity contribution in [2.24, 2.45) is 0 Å². The topological polar surface area (TPSA) is 21.3 Å². The molecule has 1 N–H and O–H groups in total. The lowest BCUT2D eigenvalue weighted by atomic mass is 10.2. The van der Waals surface area contributed by atoms with E-state index >= 15 is 0 Å². The molecule has 0 spiro atoms. The van der Waals surface area contributed by atoms with E-state index in [-0.39, 0.29) is 0 Å². The minimum Gasteiger partial charge on any atom is -0.432 e. The Morgan fingerprint density at radius 1 is 1.50 bits per heavy atom. The highest BCUT2D eigenvalue weighted by Crippen LogP contribution is 2.28. The van der Waals surface area contributed by atoms with Crippen LogP contribution in [0.1, 0.15) is 5.56 Å². The van der Waals surface area contributed by atoms with Crippen molar-refractivity contribution in [3.8, 4) is 5.75 Å². The quantitative estimate of drug-likeness (QED) is 0.707. The van der Waals surface area contributed by atoms with Gasteiger partial charge in [0.1, 0.15) is 5.75 Å². The first-order valence-corrected chi connectivity index (χ1v) is 4.70. The average Bonchev–Trinajstić information content (AvgIpc) is 2.04. The zero-order chi connectivity index (χ0) is 8.55. The number of hydrogen-bond acceptors (Lipinski definition) is 2. The van der Waals surface area contributed by atoms with Crippen LogP contribution < -0.4 is 10.1 Å². The van der Waals surface area contributed by atoms with Crippen molar-refractivity contribution in [3.05, 3.63) is 28.2 Å². The van der Waals surface area contributed by atoms with Crippen LogP contribution in [0.15, 0.2) is 22.7 Å². The first-order chi connectivity index (χ1) is 5.77. The number of thiocarbonyl (C=S) groups is 1. The summed E-state index contributed by atoms with van der Waals surface area (Å²) in [6.45, 7) is 0.732. The number of hydrogen-bond donors (Lipinski definition) is 1. The van der Waals surface area contributed by atoms with E-state index < -0.39 is 0 Å². The van der Waals surface area contributed by atoms with Crippen LogP contribution in [-0.2, 0) is 6.54 Å². The monoisotopic (exact) mass is 243 g/mol. The Kier molecular flexibility index (Phi) is 2.02. The summed E-state index contributed by atoms with van der Waals surface area (Å²) in [5.41, 5.74) is 1.12. The Hall–Kier alpha value is -0.610. The second-order valence-electron chi connectivity index (χ2n) is 2.46. The molecular formula is C8H6BrNOS. The third kappa shape index (κ3) is 1.32. The van der Waals surface area contributed by atoms with Crippen molar-refractivity contribution >= 4 is 33.3 Å². The van der Waals surface area contributed by atoms with Crippen LogP contribution >= 0.6 is 28.1 Å². The molecule has 0 radical (unpaired) electrons. The molecule has 12 heavy (non-hydrogen) atoms. The molecule has 1 aromatic rings. The number of fused-ring (bicyclic) bond motifs is 1. The fourth-order valence-corrected chi connectivity index (χ4v) is 1.75. The number of ether oxygens (including phenoxy) is 1.